The average Bonchev–Trinajstić information content (AvgIpc) is 2.56. The zero-order chi connectivity index (χ0) is 15.4. The Balaban J connectivity index is 1.86. The van der Waals surface area contributed by atoms with Gasteiger partial charge in [0.05, 0.1) is 5.69 Å². The summed E-state index contributed by atoms with van der Waals surface area (Å²) in [5.74, 6) is -0.0109. The standard InChI is InChI=1S/C17H12ClN3O/c18-14-9-5-4-8-13(14)15-10-11-19-17(20-15)21-16(22)12-6-2-1-3-7-12/h1-11H,(H,19,20,21,22). The molecule has 2 aromatic carbocycles. The van der Waals surface area contributed by atoms with Crippen LogP contribution in [0, 0.1) is 0 Å². The fourth-order valence-corrected chi connectivity index (χ4v) is 2.23. The van der Waals surface area contributed by atoms with Gasteiger partial charge >= 0.3 is 0 Å². The van der Waals surface area contributed by atoms with Crippen molar-refractivity contribution in [2.75, 3.05) is 5.32 Å². The van der Waals surface area contributed by atoms with Gasteiger partial charge in [-0.3, -0.25) is 10.1 Å². The lowest BCUT2D eigenvalue weighted by atomic mass is 10.1. The zero-order valence-corrected chi connectivity index (χ0v) is 12.3. The molecule has 0 atom stereocenters. The Morgan fingerprint density at radius 1 is 0.955 bits per heavy atom. The monoisotopic (exact) mass is 309 g/mol. The molecule has 0 unspecified atom stereocenters. The molecule has 4 nitrogen and oxygen atoms in total. The lowest BCUT2D eigenvalue weighted by Gasteiger charge is -2.07. The number of nitrogens with zero attached hydrogens (tertiary/aromatic N) is 2. The normalized spacial score (nSPS) is 10.2. The molecule has 108 valence electrons. The second kappa shape index (κ2) is 6.37. The predicted molar refractivity (Wildman–Crippen MR) is 86.9 cm³/mol. The van der Waals surface area contributed by atoms with Crippen molar-refractivity contribution in [3.05, 3.63) is 77.4 Å². The molecule has 0 aliphatic heterocycles. The first-order valence-electron chi connectivity index (χ1n) is 6.68. The molecule has 3 aromatic rings. The molecule has 0 aliphatic carbocycles. The molecule has 0 saturated carbocycles. The molecule has 22 heavy (non-hydrogen) atoms. The van der Waals surface area contributed by atoms with E-state index in [0.29, 0.717) is 16.3 Å². The molecule has 1 aromatic heterocycles. The van der Waals surface area contributed by atoms with Crippen molar-refractivity contribution >= 4 is 23.5 Å². The number of carbonyl (C=O) groups excluding carboxylic acids is 1. The van der Waals surface area contributed by atoms with Crippen LogP contribution in [0.5, 0.6) is 0 Å². The van der Waals surface area contributed by atoms with Gasteiger partial charge in [0, 0.05) is 22.3 Å². The van der Waals surface area contributed by atoms with Crippen molar-refractivity contribution in [3.8, 4) is 11.3 Å². The van der Waals surface area contributed by atoms with E-state index in [2.05, 4.69) is 15.3 Å². The minimum Gasteiger partial charge on any atom is -0.290 e. The first-order valence-corrected chi connectivity index (χ1v) is 7.06. The van der Waals surface area contributed by atoms with Crippen molar-refractivity contribution in [1.82, 2.24) is 9.97 Å². The fourth-order valence-electron chi connectivity index (χ4n) is 2.00. The van der Waals surface area contributed by atoms with Crippen LogP contribution in [0.15, 0.2) is 66.9 Å². The average molecular weight is 310 g/mol. The van der Waals surface area contributed by atoms with Gasteiger partial charge in [0.1, 0.15) is 0 Å². The van der Waals surface area contributed by atoms with Gasteiger partial charge < -0.3 is 0 Å². The molecule has 0 aliphatic rings. The minimum atomic E-state index is -0.253. The van der Waals surface area contributed by atoms with Gasteiger partial charge in [-0.25, -0.2) is 9.97 Å². The highest BCUT2D eigenvalue weighted by Gasteiger charge is 2.09. The molecule has 1 amide bonds. The molecule has 0 bridgehead atoms. The van der Waals surface area contributed by atoms with Gasteiger partial charge in [0.2, 0.25) is 5.95 Å². The van der Waals surface area contributed by atoms with Crippen molar-refractivity contribution in [2.45, 2.75) is 0 Å². The van der Waals surface area contributed by atoms with Gasteiger partial charge in [-0.05, 0) is 24.3 Å². The second-order valence-electron chi connectivity index (χ2n) is 4.57. The van der Waals surface area contributed by atoms with Gasteiger partial charge in [-0.2, -0.15) is 0 Å². The maximum Gasteiger partial charge on any atom is 0.258 e. The summed E-state index contributed by atoms with van der Waals surface area (Å²) in [6, 6.07) is 18.1. The van der Waals surface area contributed by atoms with Crippen LogP contribution in [-0.4, -0.2) is 15.9 Å². The summed E-state index contributed by atoms with van der Waals surface area (Å²) in [5.41, 5.74) is 2.00. The zero-order valence-electron chi connectivity index (χ0n) is 11.5. The molecule has 5 heteroatoms. The summed E-state index contributed by atoms with van der Waals surface area (Å²) in [4.78, 5) is 20.5. The van der Waals surface area contributed by atoms with E-state index in [1.807, 2.05) is 24.3 Å². The third-order valence-corrected chi connectivity index (χ3v) is 3.40. The van der Waals surface area contributed by atoms with E-state index in [4.69, 9.17) is 11.6 Å². The first kappa shape index (κ1) is 14.2. The Kier molecular flexibility index (Phi) is 4.12. The summed E-state index contributed by atoms with van der Waals surface area (Å²) in [6.07, 6.45) is 1.59. The maximum atomic E-state index is 12.1. The summed E-state index contributed by atoms with van der Waals surface area (Å²) >= 11 is 6.16. The quantitative estimate of drug-likeness (QED) is 0.794. The van der Waals surface area contributed by atoms with Crippen LogP contribution in [0.4, 0.5) is 5.95 Å². The number of aromatic nitrogens is 2. The highest BCUT2D eigenvalue weighted by atomic mass is 35.5. The molecular formula is C17H12ClN3O. The van der Waals surface area contributed by atoms with Gasteiger partial charge in [-0.1, -0.05) is 48.0 Å². The molecule has 0 saturated heterocycles. The van der Waals surface area contributed by atoms with E-state index in [1.165, 1.54) is 0 Å². The maximum absolute atomic E-state index is 12.1. The topological polar surface area (TPSA) is 54.9 Å². The SMILES string of the molecule is O=C(Nc1nccc(-c2ccccc2Cl)n1)c1ccccc1. The van der Waals surface area contributed by atoms with Crippen molar-refractivity contribution in [2.24, 2.45) is 0 Å². The number of benzene rings is 2. The number of hydrogen-bond acceptors (Lipinski definition) is 3. The summed E-state index contributed by atoms with van der Waals surface area (Å²) < 4.78 is 0. The van der Waals surface area contributed by atoms with Crippen LogP contribution in [0.25, 0.3) is 11.3 Å². The van der Waals surface area contributed by atoms with Crippen LogP contribution in [0.3, 0.4) is 0 Å². The number of carbonyl (C=O) groups is 1. The molecule has 1 N–H and O–H groups in total. The third-order valence-electron chi connectivity index (χ3n) is 3.07. The highest BCUT2D eigenvalue weighted by molar-refractivity contribution is 6.33. The summed E-state index contributed by atoms with van der Waals surface area (Å²) in [7, 11) is 0. The van der Waals surface area contributed by atoms with Gasteiger partial charge in [0.15, 0.2) is 0 Å². The molecule has 3 rings (SSSR count). The minimum absolute atomic E-state index is 0.242. The van der Waals surface area contributed by atoms with Crippen LogP contribution in [-0.2, 0) is 0 Å². The Bertz CT molecular complexity index is 806. The third kappa shape index (κ3) is 3.13. The molecule has 1 heterocycles. The van der Waals surface area contributed by atoms with E-state index in [9.17, 15) is 4.79 Å². The van der Waals surface area contributed by atoms with Crippen LogP contribution >= 0.6 is 11.6 Å². The van der Waals surface area contributed by atoms with Crippen LogP contribution < -0.4 is 5.32 Å². The smallest absolute Gasteiger partial charge is 0.258 e. The van der Waals surface area contributed by atoms with E-state index in [-0.39, 0.29) is 11.9 Å². The number of hydrogen-bond donors (Lipinski definition) is 1. The second-order valence-corrected chi connectivity index (χ2v) is 4.97. The molecule has 0 fully saturated rings. The number of rotatable bonds is 3. The van der Waals surface area contributed by atoms with Crippen LogP contribution in [0.1, 0.15) is 10.4 Å². The van der Waals surface area contributed by atoms with E-state index in [1.54, 1.807) is 42.6 Å². The highest BCUT2D eigenvalue weighted by Crippen LogP contribution is 2.26. The fraction of sp³-hybridized carbons (Fsp3) is 0. The number of anilines is 1. The van der Waals surface area contributed by atoms with Crippen molar-refractivity contribution < 1.29 is 4.79 Å². The Labute approximate surface area is 132 Å². The van der Waals surface area contributed by atoms with Crippen molar-refractivity contribution in [1.29, 1.82) is 0 Å². The number of nitrogens with one attached hydrogen (secondary N) is 1. The lowest BCUT2D eigenvalue weighted by Crippen LogP contribution is -2.14. The number of halogens is 1. The van der Waals surface area contributed by atoms with Crippen LogP contribution in [0.2, 0.25) is 5.02 Å². The largest absolute Gasteiger partial charge is 0.290 e. The first-order chi connectivity index (χ1) is 10.7. The Morgan fingerprint density at radius 2 is 1.68 bits per heavy atom. The predicted octanol–water partition coefficient (Wildman–Crippen LogP) is 4.05. The molecule has 0 spiro atoms. The lowest BCUT2D eigenvalue weighted by molar-refractivity contribution is 0.102. The van der Waals surface area contributed by atoms with Gasteiger partial charge in [-0.15, -0.1) is 0 Å². The summed E-state index contributed by atoms with van der Waals surface area (Å²) in [5, 5.41) is 3.28. The molecular weight excluding hydrogens is 298 g/mol. The number of amides is 1. The Hall–Kier alpha value is -2.72. The van der Waals surface area contributed by atoms with E-state index in [0.717, 1.165) is 5.56 Å². The van der Waals surface area contributed by atoms with Gasteiger partial charge in [0.25, 0.3) is 5.91 Å². The Morgan fingerprint density at radius 3 is 2.45 bits per heavy atom. The summed E-state index contributed by atoms with van der Waals surface area (Å²) in [6.45, 7) is 0. The molecule has 0 radical (unpaired) electrons. The van der Waals surface area contributed by atoms with Crippen molar-refractivity contribution in [3.63, 3.8) is 0 Å². The van der Waals surface area contributed by atoms with E-state index < -0.39 is 0 Å². The van der Waals surface area contributed by atoms with E-state index >= 15 is 0 Å².